The summed E-state index contributed by atoms with van der Waals surface area (Å²) in [6, 6.07) is 4.38. The lowest BCUT2D eigenvalue weighted by Crippen LogP contribution is -2.27. The molecule has 98 valence electrons. The molecule has 1 amide bonds. The molecule has 1 aromatic carbocycles. The van der Waals surface area contributed by atoms with Gasteiger partial charge in [0.2, 0.25) is 0 Å². The van der Waals surface area contributed by atoms with Gasteiger partial charge in [-0.05, 0) is 18.2 Å². The van der Waals surface area contributed by atoms with E-state index in [1.165, 1.54) is 23.1 Å². The number of hydrogen-bond acceptors (Lipinski definition) is 3. The Morgan fingerprint density at radius 1 is 1.53 bits per heavy atom. The highest BCUT2D eigenvalue weighted by Crippen LogP contribution is 2.34. The number of nitrogens with zero attached hydrogens (tertiary/aromatic N) is 1. The third-order valence-corrected chi connectivity index (χ3v) is 4.17. The Labute approximate surface area is 124 Å². The van der Waals surface area contributed by atoms with E-state index in [-0.39, 0.29) is 16.5 Å². The zero-order valence-corrected chi connectivity index (χ0v) is 12.1. The first-order valence-corrected chi connectivity index (χ1v) is 6.95. The van der Waals surface area contributed by atoms with E-state index in [4.69, 9.17) is 23.8 Å². The molecule has 0 radical (unpaired) electrons. The fraction of sp³-hybridized carbons (Fsp3) is 0.0769. The number of thioether (sulfide) groups is 1. The van der Waals surface area contributed by atoms with Crippen molar-refractivity contribution in [3.63, 3.8) is 0 Å². The van der Waals surface area contributed by atoms with Crippen LogP contribution in [0.15, 0.2) is 35.8 Å². The quantitative estimate of drug-likeness (QED) is 0.480. The number of rotatable bonds is 3. The van der Waals surface area contributed by atoms with Gasteiger partial charge in [-0.25, -0.2) is 4.39 Å². The van der Waals surface area contributed by atoms with Crippen LogP contribution in [0.2, 0.25) is 5.02 Å². The summed E-state index contributed by atoms with van der Waals surface area (Å²) in [4.78, 5) is 13.8. The van der Waals surface area contributed by atoms with Gasteiger partial charge in [-0.15, -0.1) is 6.58 Å². The van der Waals surface area contributed by atoms with Gasteiger partial charge in [0.1, 0.15) is 10.1 Å². The van der Waals surface area contributed by atoms with Crippen LogP contribution in [-0.2, 0) is 4.79 Å². The number of halogens is 2. The first kappa shape index (κ1) is 14.2. The average Bonchev–Trinajstić information content (AvgIpc) is 2.62. The maximum atomic E-state index is 13.7. The Hall–Kier alpha value is -1.17. The van der Waals surface area contributed by atoms with Crippen LogP contribution < -0.4 is 0 Å². The van der Waals surface area contributed by atoms with E-state index >= 15 is 0 Å². The van der Waals surface area contributed by atoms with Crippen molar-refractivity contribution in [1.29, 1.82) is 0 Å². The van der Waals surface area contributed by atoms with Crippen molar-refractivity contribution >= 4 is 51.9 Å². The first-order valence-electron chi connectivity index (χ1n) is 5.35. The molecule has 2 rings (SSSR count). The summed E-state index contributed by atoms with van der Waals surface area (Å²) in [6.07, 6.45) is 3.02. The van der Waals surface area contributed by atoms with Crippen LogP contribution in [0.4, 0.5) is 4.39 Å². The number of benzene rings is 1. The third-order valence-electron chi connectivity index (χ3n) is 2.46. The highest BCUT2D eigenvalue weighted by molar-refractivity contribution is 8.26. The smallest absolute Gasteiger partial charge is 0.266 e. The molecule has 1 aliphatic heterocycles. The molecule has 1 heterocycles. The predicted octanol–water partition coefficient (Wildman–Crippen LogP) is 3.87. The Balaban J connectivity index is 2.38. The third kappa shape index (κ3) is 2.88. The van der Waals surface area contributed by atoms with Gasteiger partial charge in [0.25, 0.3) is 5.91 Å². The van der Waals surface area contributed by atoms with Crippen LogP contribution in [-0.4, -0.2) is 21.7 Å². The zero-order valence-electron chi connectivity index (χ0n) is 9.73. The number of hydrogen-bond donors (Lipinski definition) is 0. The van der Waals surface area contributed by atoms with Gasteiger partial charge < -0.3 is 0 Å². The minimum Gasteiger partial charge on any atom is -0.289 e. The van der Waals surface area contributed by atoms with Gasteiger partial charge in [-0.2, -0.15) is 0 Å². The van der Waals surface area contributed by atoms with Crippen molar-refractivity contribution in [2.24, 2.45) is 0 Å². The van der Waals surface area contributed by atoms with Gasteiger partial charge >= 0.3 is 0 Å². The average molecular weight is 314 g/mol. The second-order valence-electron chi connectivity index (χ2n) is 3.72. The molecule has 19 heavy (non-hydrogen) atoms. The highest BCUT2D eigenvalue weighted by atomic mass is 35.5. The van der Waals surface area contributed by atoms with E-state index < -0.39 is 5.82 Å². The normalized spacial score (nSPS) is 17.4. The van der Waals surface area contributed by atoms with Crippen molar-refractivity contribution in [2.45, 2.75) is 0 Å². The Morgan fingerprint density at radius 2 is 2.26 bits per heavy atom. The summed E-state index contributed by atoms with van der Waals surface area (Å²) in [5.74, 6) is -0.726. The Bertz CT molecular complexity index is 580. The largest absolute Gasteiger partial charge is 0.289 e. The number of carbonyl (C=O) groups excluding carboxylic acids is 1. The molecule has 0 saturated carbocycles. The van der Waals surface area contributed by atoms with E-state index in [0.717, 1.165) is 11.8 Å². The van der Waals surface area contributed by atoms with Crippen molar-refractivity contribution in [3.05, 3.63) is 52.2 Å². The zero-order chi connectivity index (χ0) is 14.0. The minimum absolute atomic E-state index is 0.197. The topological polar surface area (TPSA) is 20.3 Å². The molecule has 2 nitrogen and oxygen atoms in total. The van der Waals surface area contributed by atoms with Crippen LogP contribution >= 0.6 is 35.6 Å². The standard InChI is InChI=1S/C13H9ClFNOS2/c1-2-6-16-12(17)11(19-13(16)18)7-8-9(14)4-3-5-10(8)15/h2-5,7H,1,6H2. The molecule has 0 aliphatic carbocycles. The summed E-state index contributed by atoms with van der Waals surface area (Å²) in [6.45, 7) is 3.91. The molecule has 1 aromatic rings. The molecule has 1 aliphatic rings. The second-order valence-corrected chi connectivity index (χ2v) is 5.80. The van der Waals surface area contributed by atoms with Crippen LogP contribution in [0, 0.1) is 5.82 Å². The molecular weight excluding hydrogens is 305 g/mol. The van der Waals surface area contributed by atoms with Crippen molar-refractivity contribution in [2.75, 3.05) is 6.54 Å². The lowest BCUT2D eigenvalue weighted by Gasteiger charge is -2.10. The SMILES string of the molecule is C=CCN1C(=O)C(=Cc2c(F)cccc2Cl)SC1=S. The summed E-state index contributed by atoms with van der Waals surface area (Å²) in [5.41, 5.74) is 0.197. The highest BCUT2D eigenvalue weighted by Gasteiger charge is 2.31. The fourth-order valence-corrected chi connectivity index (χ4v) is 3.04. The lowest BCUT2D eigenvalue weighted by molar-refractivity contribution is -0.121. The fourth-order valence-electron chi connectivity index (χ4n) is 1.57. The number of amides is 1. The monoisotopic (exact) mass is 313 g/mol. The second kappa shape index (κ2) is 5.86. The molecule has 0 bridgehead atoms. The van der Waals surface area contributed by atoms with Gasteiger partial charge in [0.05, 0.1) is 9.93 Å². The maximum absolute atomic E-state index is 13.7. The van der Waals surface area contributed by atoms with Crippen LogP contribution in [0.25, 0.3) is 6.08 Å². The van der Waals surface area contributed by atoms with Crippen LogP contribution in [0.3, 0.4) is 0 Å². The summed E-state index contributed by atoms with van der Waals surface area (Å²) < 4.78 is 14.1. The van der Waals surface area contributed by atoms with E-state index in [2.05, 4.69) is 6.58 Å². The van der Waals surface area contributed by atoms with Gasteiger partial charge in [-0.3, -0.25) is 9.69 Å². The van der Waals surface area contributed by atoms with E-state index in [1.54, 1.807) is 12.1 Å². The molecule has 1 saturated heterocycles. The molecule has 0 aromatic heterocycles. The van der Waals surface area contributed by atoms with E-state index in [0.29, 0.717) is 15.8 Å². The molecule has 0 atom stereocenters. The predicted molar refractivity (Wildman–Crippen MR) is 81.5 cm³/mol. The van der Waals surface area contributed by atoms with Gasteiger partial charge in [-0.1, -0.05) is 47.7 Å². The van der Waals surface area contributed by atoms with Crippen molar-refractivity contribution in [3.8, 4) is 0 Å². The maximum Gasteiger partial charge on any atom is 0.266 e. The minimum atomic E-state index is -0.471. The van der Waals surface area contributed by atoms with E-state index in [9.17, 15) is 9.18 Å². The van der Waals surface area contributed by atoms with Gasteiger partial charge in [0, 0.05) is 12.1 Å². The number of carbonyl (C=O) groups is 1. The summed E-state index contributed by atoms with van der Waals surface area (Å²) in [7, 11) is 0. The van der Waals surface area contributed by atoms with Gasteiger partial charge in [0.15, 0.2) is 0 Å². The molecule has 0 unspecified atom stereocenters. The molecule has 6 heteroatoms. The molecule has 1 fully saturated rings. The Morgan fingerprint density at radius 3 is 2.89 bits per heavy atom. The molecule has 0 spiro atoms. The summed E-state index contributed by atoms with van der Waals surface area (Å²) >= 11 is 12.1. The van der Waals surface area contributed by atoms with Crippen molar-refractivity contribution < 1.29 is 9.18 Å². The first-order chi connectivity index (χ1) is 9.04. The summed E-state index contributed by atoms with van der Waals surface area (Å²) in [5, 5.41) is 0.258. The number of thiocarbonyl (C=S) groups is 1. The lowest BCUT2D eigenvalue weighted by atomic mass is 10.2. The van der Waals surface area contributed by atoms with Crippen molar-refractivity contribution in [1.82, 2.24) is 4.90 Å². The molecular formula is C13H9ClFNOS2. The molecule has 0 N–H and O–H groups in total. The van der Waals surface area contributed by atoms with E-state index in [1.807, 2.05) is 0 Å². The van der Waals surface area contributed by atoms with Crippen LogP contribution in [0.5, 0.6) is 0 Å². The van der Waals surface area contributed by atoms with Crippen LogP contribution in [0.1, 0.15) is 5.56 Å². The Kier molecular flexibility index (Phi) is 4.39.